The molecule has 1 heterocycles. The van der Waals surface area contributed by atoms with Gasteiger partial charge in [-0.1, -0.05) is 194 Å². The van der Waals surface area contributed by atoms with E-state index in [1.165, 1.54) is 11.1 Å². The van der Waals surface area contributed by atoms with E-state index in [2.05, 4.69) is 243 Å². The highest BCUT2D eigenvalue weighted by atomic mass is 14.9. The Hall–Kier alpha value is -7.94. The van der Waals surface area contributed by atoms with E-state index < -0.39 is 0 Å². The zero-order valence-corrected chi connectivity index (χ0v) is 33.0. The Labute approximate surface area is 351 Å². The molecular formula is C58H40N2. The highest BCUT2D eigenvalue weighted by molar-refractivity contribution is 5.85. The van der Waals surface area contributed by atoms with Crippen molar-refractivity contribution in [2.24, 2.45) is 0 Å². The van der Waals surface area contributed by atoms with E-state index in [0.29, 0.717) is 5.82 Å². The van der Waals surface area contributed by atoms with Gasteiger partial charge in [-0.15, -0.1) is 0 Å². The largest absolute Gasteiger partial charge is 0.228 e. The Morgan fingerprint density at radius 1 is 0.167 bits per heavy atom. The number of nitrogens with zero attached hydrogens (tertiary/aromatic N) is 2. The van der Waals surface area contributed by atoms with E-state index in [9.17, 15) is 0 Å². The Morgan fingerprint density at radius 3 is 0.850 bits per heavy atom. The van der Waals surface area contributed by atoms with Gasteiger partial charge in [0.15, 0.2) is 5.82 Å². The monoisotopic (exact) mass is 764 g/mol. The predicted molar refractivity (Wildman–Crippen MR) is 251 cm³/mol. The summed E-state index contributed by atoms with van der Waals surface area (Å²) in [6.45, 7) is 0. The molecule has 0 aliphatic rings. The molecule has 2 nitrogen and oxygen atoms in total. The lowest BCUT2D eigenvalue weighted by Crippen LogP contribution is -1.98. The van der Waals surface area contributed by atoms with Gasteiger partial charge in [0.1, 0.15) is 0 Å². The van der Waals surface area contributed by atoms with Gasteiger partial charge in [0, 0.05) is 16.7 Å². The molecule has 0 radical (unpaired) electrons. The van der Waals surface area contributed by atoms with Gasteiger partial charge in [-0.2, -0.15) is 0 Å². The number of hydrogen-bond donors (Lipinski definition) is 0. The van der Waals surface area contributed by atoms with Crippen molar-refractivity contribution in [1.29, 1.82) is 0 Å². The van der Waals surface area contributed by atoms with E-state index >= 15 is 0 Å². The Morgan fingerprint density at radius 2 is 0.433 bits per heavy atom. The normalized spacial score (nSPS) is 11.0. The minimum absolute atomic E-state index is 0.668. The van der Waals surface area contributed by atoms with Gasteiger partial charge >= 0.3 is 0 Å². The Bertz CT molecular complexity index is 2770. The van der Waals surface area contributed by atoms with E-state index in [0.717, 1.165) is 83.7 Å². The Balaban J connectivity index is 1.16. The average molecular weight is 765 g/mol. The molecular weight excluding hydrogens is 725 g/mol. The van der Waals surface area contributed by atoms with Crippen LogP contribution in [0.2, 0.25) is 0 Å². The topological polar surface area (TPSA) is 25.8 Å². The zero-order chi connectivity index (χ0) is 40.1. The third-order valence-electron chi connectivity index (χ3n) is 11.1. The SMILES string of the molecule is c1ccc(-c2ccc(-c3cccc(-c4cc(-c5cc(-c6ccccc6)cc(-c6ccccc6)c5)nc(-c5cc(-c6ccccc6)cc(-c6ccccc6)c5)n4)c3)cc2)cc1. The fraction of sp³-hybridized carbons (Fsp3) is 0. The quantitative estimate of drug-likeness (QED) is 0.146. The molecule has 0 bridgehead atoms. The molecule has 10 aromatic rings. The smallest absolute Gasteiger partial charge is 0.160 e. The number of benzene rings is 9. The number of rotatable bonds is 9. The average Bonchev–Trinajstić information content (AvgIpc) is 3.35. The summed E-state index contributed by atoms with van der Waals surface area (Å²) in [7, 11) is 0. The summed E-state index contributed by atoms with van der Waals surface area (Å²) in [4.78, 5) is 10.9. The summed E-state index contributed by atoms with van der Waals surface area (Å²) in [6, 6.07) is 86.0. The molecule has 10 rings (SSSR count). The van der Waals surface area contributed by atoms with Gasteiger partial charge in [-0.05, 0) is 115 Å². The molecule has 0 saturated carbocycles. The molecule has 1 aromatic heterocycles. The second kappa shape index (κ2) is 16.5. The number of aromatic nitrogens is 2. The van der Waals surface area contributed by atoms with Crippen molar-refractivity contribution in [3.05, 3.63) is 243 Å². The minimum Gasteiger partial charge on any atom is -0.228 e. The van der Waals surface area contributed by atoms with Crippen LogP contribution in [0.4, 0.5) is 0 Å². The van der Waals surface area contributed by atoms with Crippen molar-refractivity contribution in [3.8, 4) is 101 Å². The first-order valence-electron chi connectivity index (χ1n) is 20.4. The zero-order valence-electron chi connectivity index (χ0n) is 33.0. The van der Waals surface area contributed by atoms with E-state index in [4.69, 9.17) is 9.97 Å². The van der Waals surface area contributed by atoms with Crippen molar-refractivity contribution in [1.82, 2.24) is 9.97 Å². The third kappa shape index (κ3) is 7.83. The molecule has 282 valence electrons. The molecule has 0 saturated heterocycles. The molecule has 60 heavy (non-hydrogen) atoms. The summed E-state index contributed by atoms with van der Waals surface area (Å²) in [6.07, 6.45) is 0. The molecule has 0 unspecified atom stereocenters. The van der Waals surface area contributed by atoms with Crippen LogP contribution < -0.4 is 0 Å². The summed E-state index contributed by atoms with van der Waals surface area (Å²) >= 11 is 0. The molecule has 0 aliphatic heterocycles. The molecule has 0 spiro atoms. The maximum atomic E-state index is 5.45. The highest BCUT2D eigenvalue weighted by Crippen LogP contribution is 2.37. The maximum Gasteiger partial charge on any atom is 0.160 e. The van der Waals surface area contributed by atoms with Crippen LogP contribution in [0, 0.1) is 0 Å². The summed E-state index contributed by atoms with van der Waals surface area (Å²) in [5, 5.41) is 0. The molecule has 2 heteroatoms. The van der Waals surface area contributed by atoms with E-state index in [-0.39, 0.29) is 0 Å². The predicted octanol–water partition coefficient (Wildman–Crippen LogP) is 15.5. The Kier molecular flexibility index (Phi) is 10.0. The van der Waals surface area contributed by atoms with Crippen LogP contribution in [-0.4, -0.2) is 9.97 Å². The molecule has 0 atom stereocenters. The first-order chi connectivity index (χ1) is 29.7. The lowest BCUT2D eigenvalue weighted by atomic mass is 9.94. The van der Waals surface area contributed by atoms with E-state index in [1.54, 1.807) is 0 Å². The van der Waals surface area contributed by atoms with Gasteiger partial charge in [0.05, 0.1) is 11.4 Å². The van der Waals surface area contributed by atoms with Crippen molar-refractivity contribution < 1.29 is 0 Å². The van der Waals surface area contributed by atoms with Gasteiger partial charge < -0.3 is 0 Å². The second-order valence-corrected chi connectivity index (χ2v) is 15.0. The number of hydrogen-bond acceptors (Lipinski definition) is 2. The minimum atomic E-state index is 0.668. The van der Waals surface area contributed by atoms with Crippen LogP contribution in [0.5, 0.6) is 0 Å². The standard InChI is InChI=1S/C58H40N2/c1-6-17-41(18-7-1)46-29-31-47(32-30-46)48-27-16-28-49(33-48)56-40-57(54-36-50(42-19-8-2-9-20-42)34-51(37-54)43-21-10-3-11-22-43)60-58(59-56)55-38-52(44-23-12-4-13-24-44)35-53(39-55)45-25-14-5-15-26-45/h1-40H. The van der Waals surface area contributed by atoms with Gasteiger partial charge in [0.2, 0.25) is 0 Å². The van der Waals surface area contributed by atoms with Crippen molar-refractivity contribution >= 4 is 0 Å². The molecule has 0 fully saturated rings. The molecule has 9 aromatic carbocycles. The van der Waals surface area contributed by atoms with Crippen molar-refractivity contribution in [2.75, 3.05) is 0 Å². The van der Waals surface area contributed by atoms with Crippen LogP contribution in [0.3, 0.4) is 0 Å². The highest BCUT2D eigenvalue weighted by Gasteiger charge is 2.16. The van der Waals surface area contributed by atoms with E-state index in [1.807, 2.05) is 0 Å². The van der Waals surface area contributed by atoms with Crippen molar-refractivity contribution in [3.63, 3.8) is 0 Å². The van der Waals surface area contributed by atoms with Crippen molar-refractivity contribution in [2.45, 2.75) is 0 Å². The molecule has 0 aliphatic carbocycles. The van der Waals surface area contributed by atoms with Crippen LogP contribution >= 0.6 is 0 Å². The fourth-order valence-electron chi connectivity index (χ4n) is 7.94. The lowest BCUT2D eigenvalue weighted by Gasteiger charge is -2.15. The maximum absolute atomic E-state index is 5.45. The van der Waals surface area contributed by atoms with Crippen LogP contribution in [0.15, 0.2) is 243 Å². The third-order valence-corrected chi connectivity index (χ3v) is 11.1. The summed E-state index contributed by atoms with van der Waals surface area (Å²) in [5.41, 5.74) is 18.5. The first-order valence-corrected chi connectivity index (χ1v) is 20.4. The van der Waals surface area contributed by atoms with Gasteiger partial charge in [-0.3, -0.25) is 0 Å². The summed E-state index contributed by atoms with van der Waals surface area (Å²) < 4.78 is 0. The van der Waals surface area contributed by atoms with Gasteiger partial charge in [-0.25, -0.2) is 9.97 Å². The lowest BCUT2D eigenvalue weighted by molar-refractivity contribution is 1.18. The molecule has 0 N–H and O–H groups in total. The van der Waals surface area contributed by atoms with Crippen LogP contribution in [0.25, 0.3) is 101 Å². The van der Waals surface area contributed by atoms with Gasteiger partial charge in [0.25, 0.3) is 0 Å². The summed E-state index contributed by atoms with van der Waals surface area (Å²) in [5.74, 6) is 0.668. The molecule has 0 amide bonds. The van der Waals surface area contributed by atoms with Crippen LogP contribution in [0.1, 0.15) is 0 Å². The first kappa shape index (κ1) is 36.4. The fourth-order valence-corrected chi connectivity index (χ4v) is 7.94. The second-order valence-electron chi connectivity index (χ2n) is 15.0. The van der Waals surface area contributed by atoms with Crippen LogP contribution in [-0.2, 0) is 0 Å².